The third kappa shape index (κ3) is 8.03. The first kappa shape index (κ1) is 50.2. The minimum atomic E-state index is 0. The van der Waals surface area contributed by atoms with Crippen LogP contribution in [0.4, 0.5) is 0 Å². The number of aromatic nitrogens is 3. The van der Waals surface area contributed by atoms with Gasteiger partial charge in [0.15, 0.2) is 0 Å². The Kier molecular flexibility index (Phi) is 12.5. The molecule has 388 valence electrons. The molecular weight excluding hydrogens is 1090 g/mol. The third-order valence-electron chi connectivity index (χ3n) is 16.1. The lowest BCUT2D eigenvalue weighted by Gasteiger charge is -2.11. The molecule has 5 heterocycles. The summed E-state index contributed by atoms with van der Waals surface area (Å²) in [6.07, 6.45) is 1.04. The van der Waals surface area contributed by atoms with Gasteiger partial charge in [-0.25, -0.2) is 0 Å². The second-order valence-corrected chi connectivity index (χ2v) is 23.4. The minimum absolute atomic E-state index is 0. The summed E-state index contributed by atoms with van der Waals surface area (Å²) in [5, 5.41) is 13.1. The highest BCUT2D eigenvalue weighted by molar-refractivity contribution is 9.10. The van der Waals surface area contributed by atoms with Gasteiger partial charge in [0.25, 0.3) is 0 Å². The van der Waals surface area contributed by atoms with Crippen molar-refractivity contribution in [2.24, 2.45) is 0 Å². The van der Waals surface area contributed by atoms with E-state index in [0.717, 1.165) is 6.42 Å². The van der Waals surface area contributed by atoms with E-state index in [4.69, 9.17) is 0 Å². The molecule has 0 unspecified atom stereocenters. The summed E-state index contributed by atoms with van der Waals surface area (Å²) >= 11 is 7.31. The number of thiophene rings is 2. The number of nitrogens with zero attached hydrogens (tertiary/aromatic N) is 3. The van der Waals surface area contributed by atoms with Gasteiger partial charge < -0.3 is 13.7 Å². The highest BCUT2D eigenvalue weighted by Crippen LogP contribution is 2.44. The molecule has 1 aliphatic rings. The number of para-hydroxylation sites is 5. The molecule has 12 aromatic carbocycles. The monoisotopic (exact) mass is 1140 g/mol. The van der Waals surface area contributed by atoms with E-state index >= 15 is 0 Å². The van der Waals surface area contributed by atoms with Crippen LogP contribution in [0.5, 0.6) is 0 Å². The number of halogens is 1. The first-order chi connectivity index (χ1) is 39.1. The molecule has 1 aliphatic carbocycles. The summed E-state index contributed by atoms with van der Waals surface area (Å²) < 4.78 is 13.8. The maximum atomic E-state index is 3.59. The second kappa shape index (κ2) is 20.3. The van der Waals surface area contributed by atoms with E-state index in [1.165, 1.54) is 150 Å². The fourth-order valence-corrected chi connectivity index (χ4v) is 15.6. The molecule has 0 aliphatic heterocycles. The number of benzene rings is 12. The molecule has 0 saturated carbocycles. The van der Waals surface area contributed by atoms with E-state index in [-0.39, 0.29) is 14.9 Å². The molecule has 3 nitrogen and oxygen atoms in total. The lowest BCUT2D eigenvalue weighted by molar-refractivity contribution is 1.17. The highest BCUT2D eigenvalue weighted by Gasteiger charge is 2.21. The maximum absolute atomic E-state index is 3.59. The molecule has 17 aromatic rings. The normalized spacial score (nSPS) is 11.8. The number of hydrogen-bond acceptors (Lipinski definition) is 2. The van der Waals surface area contributed by atoms with Gasteiger partial charge in [-0.2, -0.15) is 0 Å². The molecule has 0 spiro atoms. The number of hydrogen-bond donors (Lipinski definition) is 0. The van der Waals surface area contributed by atoms with Crippen LogP contribution in [0.25, 0.3) is 134 Å². The van der Waals surface area contributed by atoms with Crippen LogP contribution in [0.2, 0.25) is 0 Å². The van der Waals surface area contributed by atoms with Gasteiger partial charge in [-0.05, 0) is 130 Å². The quantitative estimate of drug-likeness (QED) is 0.167. The zero-order valence-electron chi connectivity index (χ0n) is 42.6. The van der Waals surface area contributed by atoms with Gasteiger partial charge in [-0.1, -0.05) is 197 Å². The van der Waals surface area contributed by atoms with Crippen LogP contribution in [-0.2, 0) is 6.42 Å². The van der Waals surface area contributed by atoms with Crippen molar-refractivity contribution in [2.75, 3.05) is 0 Å². The lowest BCUT2D eigenvalue weighted by Crippen LogP contribution is -1.96. The highest BCUT2D eigenvalue weighted by atomic mass is 79.9. The minimum Gasteiger partial charge on any atom is -0.309 e. The van der Waals surface area contributed by atoms with Crippen LogP contribution < -0.4 is 0 Å². The van der Waals surface area contributed by atoms with E-state index in [1.54, 1.807) is 0 Å². The molecule has 0 atom stereocenters. The van der Waals surface area contributed by atoms with Gasteiger partial charge in [0.05, 0.1) is 43.5 Å². The first-order valence-corrected chi connectivity index (χ1v) is 29.2. The van der Waals surface area contributed by atoms with Crippen molar-refractivity contribution in [1.82, 2.24) is 13.7 Å². The van der Waals surface area contributed by atoms with Crippen molar-refractivity contribution in [3.63, 3.8) is 0 Å². The molecule has 6 heteroatoms. The topological polar surface area (TPSA) is 14.8 Å². The van der Waals surface area contributed by atoms with Crippen molar-refractivity contribution in [3.8, 4) is 28.2 Å². The molecule has 0 N–H and O–H groups in total. The Labute approximate surface area is 486 Å². The number of rotatable bonds is 3. The second-order valence-electron chi connectivity index (χ2n) is 20.4. The summed E-state index contributed by atoms with van der Waals surface area (Å²) in [6, 6.07) is 96.6. The Morgan fingerprint density at radius 3 is 1.26 bits per heavy atom. The Balaban J connectivity index is 0.000000120. The predicted octanol–water partition coefficient (Wildman–Crippen LogP) is 22.7. The van der Waals surface area contributed by atoms with Crippen LogP contribution in [0.3, 0.4) is 0 Å². The average Bonchev–Trinajstić information content (AvgIpc) is 4.50. The summed E-state index contributed by atoms with van der Waals surface area (Å²) in [5.41, 5.74) is 16.7. The van der Waals surface area contributed by atoms with Crippen LogP contribution in [0.15, 0.2) is 271 Å². The van der Waals surface area contributed by atoms with Gasteiger partial charge >= 0.3 is 0 Å². The van der Waals surface area contributed by atoms with Gasteiger partial charge in [0.2, 0.25) is 0 Å². The lowest BCUT2D eigenvalue weighted by atomic mass is 10.1. The van der Waals surface area contributed by atoms with Crippen molar-refractivity contribution in [1.29, 1.82) is 0 Å². The summed E-state index contributed by atoms with van der Waals surface area (Å²) in [5.74, 6) is 0. The van der Waals surface area contributed by atoms with E-state index in [9.17, 15) is 0 Å². The fourth-order valence-electron chi connectivity index (χ4n) is 12.6. The van der Waals surface area contributed by atoms with Crippen molar-refractivity contribution < 1.29 is 0 Å². The van der Waals surface area contributed by atoms with Gasteiger partial charge in [-0.15, -0.1) is 22.7 Å². The molecule has 0 amide bonds. The first-order valence-electron chi connectivity index (χ1n) is 26.8. The van der Waals surface area contributed by atoms with E-state index in [2.05, 4.69) is 297 Å². The summed E-state index contributed by atoms with van der Waals surface area (Å²) in [4.78, 5) is 0. The maximum Gasteiger partial charge on any atom is 0.0640 e. The van der Waals surface area contributed by atoms with E-state index in [0.29, 0.717) is 0 Å². The predicted molar refractivity (Wildman–Crippen MR) is 358 cm³/mol. The molecule has 81 heavy (non-hydrogen) atoms. The largest absolute Gasteiger partial charge is 0.309 e. The SMILES string of the molecule is Brc1cccc2c1sc1ccccc12.C.C.c1ccc2c(c1)Cc1ccc(-n3c4ccccc4c4ccccc43)cc1-2.c1ccc2c(c1)sc1c(-n3c4ccccc4c4cc(-n5c6ccccc6c6ccccc65)ccc43)cccc12. The van der Waals surface area contributed by atoms with Crippen LogP contribution >= 0.6 is 38.6 Å². The van der Waals surface area contributed by atoms with Crippen LogP contribution in [0, 0.1) is 0 Å². The average molecular weight is 1140 g/mol. The molecule has 0 radical (unpaired) electrons. The van der Waals surface area contributed by atoms with E-state index < -0.39 is 0 Å². The molecule has 5 aromatic heterocycles. The Hall–Kier alpha value is -9.04. The Morgan fingerprint density at radius 1 is 0.284 bits per heavy atom. The van der Waals surface area contributed by atoms with Crippen molar-refractivity contribution in [2.45, 2.75) is 21.3 Å². The Bertz CT molecular complexity index is 5170. The zero-order chi connectivity index (χ0) is 52.1. The van der Waals surface area contributed by atoms with Crippen molar-refractivity contribution >= 4 is 144 Å². The van der Waals surface area contributed by atoms with Crippen LogP contribution in [0.1, 0.15) is 26.0 Å². The molecule has 18 rings (SSSR count). The number of fused-ring (bicyclic) bond motifs is 18. The standard InChI is InChI=1S/C36H22N2S.C25H17N.C12H7BrS.2CH4/c1-5-15-30-24(10-1)25-11-2-6-16-31(25)37(30)23-20-21-33-29(22-23)26-12-3-7-17-32(26)38(33)34-18-9-14-28-27-13-4-8-19-35(27)39-36(28)34;1-2-8-20-17(7-1)15-18-13-14-19(16-23(18)20)26-24-11-5-3-9-21(24)22-10-4-6-12-25(22)26;13-10-6-3-5-9-8-4-1-2-7-11(8)14-12(9)10;;/h1-22H;1-14,16H,15H2;1-7H;2*1H4. The molecule has 0 bridgehead atoms. The van der Waals surface area contributed by atoms with Gasteiger partial charge in [0.1, 0.15) is 0 Å². The van der Waals surface area contributed by atoms with Gasteiger partial charge in [-0.3, -0.25) is 0 Å². The van der Waals surface area contributed by atoms with Crippen molar-refractivity contribution in [3.05, 3.63) is 283 Å². The van der Waals surface area contributed by atoms with Gasteiger partial charge in [0, 0.05) is 83.8 Å². The molecule has 0 saturated heterocycles. The fraction of sp³-hybridized carbons (Fsp3) is 0.0400. The Morgan fingerprint density at radius 2 is 0.679 bits per heavy atom. The molecular formula is C75H54BrN3S2. The summed E-state index contributed by atoms with van der Waals surface area (Å²) in [6.45, 7) is 0. The summed E-state index contributed by atoms with van der Waals surface area (Å²) in [7, 11) is 0. The van der Waals surface area contributed by atoms with E-state index in [1.807, 2.05) is 22.7 Å². The third-order valence-corrected chi connectivity index (χ3v) is 19.4. The smallest absolute Gasteiger partial charge is 0.0640 e. The zero-order valence-corrected chi connectivity index (χ0v) is 45.9. The molecule has 0 fully saturated rings. The van der Waals surface area contributed by atoms with Crippen LogP contribution in [-0.4, -0.2) is 13.7 Å².